The van der Waals surface area contributed by atoms with Crippen LogP contribution in [-0.2, 0) is 19.6 Å². The van der Waals surface area contributed by atoms with E-state index in [1.54, 1.807) is 18.4 Å². The molecule has 0 bridgehead atoms. The Morgan fingerprint density at radius 1 is 1.26 bits per heavy atom. The number of para-hydroxylation sites is 1. The normalized spacial score (nSPS) is 11.0. The zero-order valence-corrected chi connectivity index (χ0v) is 12.8. The summed E-state index contributed by atoms with van der Waals surface area (Å²) in [4.78, 5) is 19.1. The van der Waals surface area contributed by atoms with Gasteiger partial charge in [-0.05, 0) is 31.3 Å². The Hall–Kier alpha value is -2.91. The summed E-state index contributed by atoms with van der Waals surface area (Å²) in [5, 5.41) is 9.54. The summed E-state index contributed by atoms with van der Waals surface area (Å²) < 4.78 is 6.76. The van der Waals surface area contributed by atoms with Gasteiger partial charge in [-0.15, -0.1) is 0 Å². The number of hydrogen-bond donors (Lipinski definition) is 0. The van der Waals surface area contributed by atoms with E-state index in [9.17, 15) is 4.79 Å². The molecular weight excluding hydrogens is 292 g/mol. The lowest BCUT2D eigenvalue weighted by Crippen LogP contribution is -2.29. The third kappa shape index (κ3) is 3.15. The molecule has 3 rings (SSSR count). The first-order chi connectivity index (χ1) is 11.2. The Bertz CT molecular complexity index is 906. The second-order valence-corrected chi connectivity index (χ2v) is 5.35. The van der Waals surface area contributed by atoms with Crippen LogP contribution in [0, 0.1) is 11.3 Å². The fourth-order valence-electron chi connectivity index (χ4n) is 2.53. The molecule has 1 aromatic carbocycles. The first-order valence-corrected chi connectivity index (χ1v) is 7.25. The lowest BCUT2D eigenvalue weighted by Gasteiger charge is -2.17. The van der Waals surface area contributed by atoms with Crippen molar-refractivity contribution in [3.05, 3.63) is 64.6 Å². The van der Waals surface area contributed by atoms with Crippen LogP contribution in [0.1, 0.15) is 11.6 Å². The average molecular weight is 308 g/mol. The molecule has 6 heteroatoms. The van der Waals surface area contributed by atoms with Crippen molar-refractivity contribution in [2.24, 2.45) is 0 Å². The van der Waals surface area contributed by atoms with Crippen molar-refractivity contribution >= 4 is 10.9 Å². The number of nitrogens with zero attached hydrogens (tertiary/aromatic N) is 4. The predicted octanol–water partition coefficient (Wildman–Crippen LogP) is 2.15. The highest BCUT2D eigenvalue weighted by Crippen LogP contribution is 2.11. The van der Waals surface area contributed by atoms with E-state index in [4.69, 9.17) is 9.68 Å². The van der Waals surface area contributed by atoms with Crippen molar-refractivity contribution < 1.29 is 4.42 Å². The van der Waals surface area contributed by atoms with Crippen LogP contribution in [0.4, 0.5) is 0 Å². The van der Waals surface area contributed by atoms with E-state index in [0.29, 0.717) is 29.8 Å². The van der Waals surface area contributed by atoms with E-state index in [2.05, 4.69) is 4.98 Å². The van der Waals surface area contributed by atoms with Gasteiger partial charge >= 0.3 is 0 Å². The van der Waals surface area contributed by atoms with Crippen LogP contribution in [0.3, 0.4) is 0 Å². The molecule has 0 unspecified atom stereocenters. The zero-order valence-electron chi connectivity index (χ0n) is 12.8. The topological polar surface area (TPSA) is 75.1 Å². The highest BCUT2D eigenvalue weighted by molar-refractivity contribution is 5.77. The number of fused-ring (bicyclic) bond motifs is 1. The van der Waals surface area contributed by atoms with Gasteiger partial charge in [-0.2, -0.15) is 5.26 Å². The fraction of sp³-hybridized carbons (Fsp3) is 0.235. The predicted molar refractivity (Wildman–Crippen MR) is 85.5 cm³/mol. The minimum Gasteiger partial charge on any atom is -0.468 e. The van der Waals surface area contributed by atoms with Crippen molar-refractivity contribution in [3.8, 4) is 6.07 Å². The second-order valence-electron chi connectivity index (χ2n) is 5.35. The number of nitriles is 1. The molecule has 0 spiro atoms. The summed E-state index contributed by atoms with van der Waals surface area (Å²) in [6, 6.07) is 13.0. The van der Waals surface area contributed by atoms with Crippen LogP contribution in [-0.4, -0.2) is 21.5 Å². The largest absolute Gasteiger partial charge is 0.468 e. The van der Waals surface area contributed by atoms with Gasteiger partial charge in [0.25, 0.3) is 5.56 Å². The van der Waals surface area contributed by atoms with E-state index < -0.39 is 0 Å². The Balaban J connectivity index is 1.97. The molecule has 0 N–H and O–H groups in total. The summed E-state index contributed by atoms with van der Waals surface area (Å²) in [5.41, 5.74) is 0.464. The van der Waals surface area contributed by atoms with Crippen LogP contribution < -0.4 is 5.56 Å². The molecule has 116 valence electrons. The van der Waals surface area contributed by atoms with Gasteiger partial charge in [0.1, 0.15) is 18.1 Å². The Morgan fingerprint density at radius 2 is 2.09 bits per heavy atom. The maximum Gasteiger partial charge on any atom is 0.262 e. The standard InChI is InChI=1S/C17H16N4O2/c1-20(11-13-5-4-10-23-13)12-16-19-15-7-3-2-6-14(15)17(22)21(16)9-8-18/h2-7,10H,9,11-12H2,1H3. The molecule has 0 saturated heterocycles. The molecule has 0 saturated carbocycles. The van der Waals surface area contributed by atoms with E-state index in [-0.39, 0.29) is 12.1 Å². The number of benzene rings is 1. The Labute approximate surface area is 133 Å². The van der Waals surface area contributed by atoms with Gasteiger partial charge in [-0.25, -0.2) is 4.98 Å². The van der Waals surface area contributed by atoms with E-state index in [1.807, 2.05) is 42.3 Å². The van der Waals surface area contributed by atoms with Crippen molar-refractivity contribution in [2.45, 2.75) is 19.6 Å². The van der Waals surface area contributed by atoms with Gasteiger partial charge in [0, 0.05) is 0 Å². The molecule has 0 amide bonds. The maximum atomic E-state index is 12.6. The molecule has 2 aromatic heterocycles. The van der Waals surface area contributed by atoms with Gasteiger partial charge in [-0.3, -0.25) is 14.3 Å². The zero-order chi connectivity index (χ0) is 16.2. The lowest BCUT2D eigenvalue weighted by molar-refractivity contribution is 0.276. The first-order valence-electron chi connectivity index (χ1n) is 7.25. The van der Waals surface area contributed by atoms with Crippen molar-refractivity contribution in [2.75, 3.05) is 7.05 Å². The van der Waals surface area contributed by atoms with Gasteiger partial charge < -0.3 is 4.42 Å². The summed E-state index contributed by atoms with van der Waals surface area (Å²) in [7, 11) is 1.92. The molecule has 0 aliphatic heterocycles. The van der Waals surface area contributed by atoms with Gasteiger partial charge in [0.2, 0.25) is 0 Å². The maximum absolute atomic E-state index is 12.6. The first kappa shape index (κ1) is 15.0. The molecular formula is C17H16N4O2. The minimum atomic E-state index is -0.182. The molecule has 2 heterocycles. The van der Waals surface area contributed by atoms with Gasteiger partial charge in [-0.1, -0.05) is 12.1 Å². The van der Waals surface area contributed by atoms with Crippen molar-refractivity contribution in [3.63, 3.8) is 0 Å². The molecule has 0 aliphatic rings. The van der Waals surface area contributed by atoms with Crippen LogP contribution in [0.15, 0.2) is 51.9 Å². The van der Waals surface area contributed by atoms with Crippen molar-refractivity contribution in [1.29, 1.82) is 5.26 Å². The van der Waals surface area contributed by atoms with Crippen molar-refractivity contribution in [1.82, 2.24) is 14.5 Å². The van der Waals surface area contributed by atoms with E-state index in [1.165, 1.54) is 4.57 Å². The van der Waals surface area contributed by atoms with Crippen LogP contribution >= 0.6 is 0 Å². The lowest BCUT2D eigenvalue weighted by atomic mass is 10.2. The molecule has 0 atom stereocenters. The van der Waals surface area contributed by atoms with Crippen LogP contribution in [0.5, 0.6) is 0 Å². The van der Waals surface area contributed by atoms with Gasteiger partial charge in [0.15, 0.2) is 0 Å². The third-order valence-corrected chi connectivity index (χ3v) is 3.59. The fourth-order valence-corrected chi connectivity index (χ4v) is 2.53. The minimum absolute atomic E-state index is 0.0133. The molecule has 0 aliphatic carbocycles. The highest BCUT2D eigenvalue weighted by atomic mass is 16.3. The quantitative estimate of drug-likeness (QED) is 0.722. The molecule has 3 aromatic rings. The molecule has 23 heavy (non-hydrogen) atoms. The van der Waals surface area contributed by atoms with Crippen LogP contribution in [0.2, 0.25) is 0 Å². The average Bonchev–Trinajstić information content (AvgIpc) is 3.04. The second kappa shape index (κ2) is 6.46. The monoisotopic (exact) mass is 308 g/mol. The van der Waals surface area contributed by atoms with E-state index >= 15 is 0 Å². The highest BCUT2D eigenvalue weighted by Gasteiger charge is 2.13. The van der Waals surface area contributed by atoms with Crippen LogP contribution in [0.25, 0.3) is 10.9 Å². The SMILES string of the molecule is CN(Cc1ccco1)Cc1nc2ccccc2c(=O)n1CC#N. The summed E-state index contributed by atoms with van der Waals surface area (Å²) in [6.45, 7) is 1.03. The summed E-state index contributed by atoms with van der Waals surface area (Å²) >= 11 is 0. The third-order valence-electron chi connectivity index (χ3n) is 3.59. The van der Waals surface area contributed by atoms with Gasteiger partial charge in [0.05, 0.1) is 36.3 Å². The Morgan fingerprint density at radius 3 is 2.83 bits per heavy atom. The van der Waals surface area contributed by atoms with E-state index in [0.717, 1.165) is 5.76 Å². The number of aromatic nitrogens is 2. The number of furan rings is 1. The smallest absolute Gasteiger partial charge is 0.262 e. The number of rotatable bonds is 5. The molecule has 0 radical (unpaired) electrons. The Kier molecular flexibility index (Phi) is 4.22. The molecule has 6 nitrogen and oxygen atoms in total. The summed E-state index contributed by atoms with van der Waals surface area (Å²) in [6.07, 6.45) is 1.63. The molecule has 0 fully saturated rings. The number of hydrogen-bond acceptors (Lipinski definition) is 5. The summed E-state index contributed by atoms with van der Waals surface area (Å²) in [5.74, 6) is 1.41.